The number of rotatable bonds is 4. The van der Waals surface area contributed by atoms with Gasteiger partial charge in [-0.2, -0.15) is 0 Å². The predicted molar refractivity (Wildman–Crippen MR) is 105 cm³/mol. The van der Waals surface area contributed by atoms with E-state index >= 15 is 0 Å². The van der Waals surface area contributed by atoms with Gasteiger partial charge in [0, 0.05) is 49.7 Å². The van der Waals surface area contributed by atoms with Gasteiger partial charge in [-0.3, -0.25) is 4.90 Å². The van der Waals surface area contributed by atoms with Crippen LogP contribution in [-0.2, 0) is 12.0 Å². The van der Waals surface area contributed by atoms with Gasteiger partial charge in [-0.05, 0) is 56.6 Å². The van der Waals surface area contributed by atoms with Crippen LogP contribution in [0.3, 0.4) is 0 Å². The van der Waals surface area contributed by atoms with Gasteiger partial charge < -0.3 is 14.8 Å². The molecule has 0 bridgehead atoms. The maximum Gasteiger partial charge on any atom is 0.321 e. The lowest BCUT2D eigenvalue weighted by Crippen LogP contribution is -2.48. The number of likely N-dealkylation sites (tertiary alicyclic amines) is 1. The second-order valence-electron chi connectivity index (χ2n) is 7.48. The Kier molecular flexibility index (Phi) is 4.72. The van der Waals surface area contributed by atoms with Gasteiger partial charge in [-0.15, -0.1) is 0 Å². The summed E-state index contributed by atoms with van der Waals surface area (Å²) in [6.07, 6.45) is 6.49. The summed E-state index contributed by atoms with van der Waals surface area (Å²) in [6, 6.07) is 12.7. The molecule has 1 aromatic heterocycles. The molecule has 26 heavy (non-hydrogen) atoms. The number of benzene rings is 1. The highest BCUT2D eigenvalue weighted by molar-refractivity contribution is 5.95. The number of anilines is 1. The number of urea groups is 1. The van der Waals surface area contributed by atoms with Crippen molar-refractivity contribution in [2.45, 2.75) is 31.7 Å². The van der Waals surface area contributed by atoms with Crippen LogP contribution in [0.5, 0.6) is 0 Å². The van der Waals surface area contributed by atoms with Crippen molar-refractivity contribution in [3.05, 3.63) is 54.4 Å². The maximum atomic E-state index is 12.5. The van der Waals surface area contributed by atoms with Gasteiger partial charge in [-0.1, -0.05) is 18.2 Å². The number of nitrogens with zero attached hydrogens (tertiary/aromatic N) is 3. The Morgan fingerprint density at radius 2 is 1.81 bits per heavy atom. The van der Waals surface area contributed by atoms with Gasteiger partial charge in [0.15, 0.2) is 0 Å². The van der Waals surface area contributed by atoms with Gasteiger partial charge in [0.1, 0.15) is 0 Å². The Morgan fingerprint density at radius 1 is 1.08 bits per heavy atom. The van der Waals surface area contributed by atoms with E-state index in [1.54, 1.807) is 0 Å². The number of hydrogen-bond acceptors (Lipinski definition) is 2. The quantitative estimate of drug-likeness (QED) is 0.919. The molecule has 3 heterocycles. The van der Waals surface area contributed by atoms with E-state index in [-0.39, 0.29) is 11.4 Å². The molecular formula is C21H28N4O. The topological polar surface area (TPSA) is 40.5 Å². The van der Waals surface area contributed by atoms with Crippen LogP contribution in [0.1, 0.15) is 25.3 Å². The van der Waals surface area contributed by atoms with Crippen molar-refractivity contribution in [3.63, 3.8) is 0 Å². The van der Waals surface area contributed by atoms with Crippen molar-refractivity contribution in [3.8, 4) is 0 Å². The molecule has 2 aromatic rings. The number of carbonyl (C=O) groups is 1. The molecule has 2 aliphatic rings. The molecule has 4 rings (SSSR count). The molecule has 0 radical (unpaired) electrons. The molecule has 0 unspecified atom stereocenters. The van der Waals surface area contributed by atoms with Crippen LogP contribution < -0.4 is 10.2 Å². The van der Waals surface area contributed by atoms with Gasteiger partial charge >= 0.3 is 6.03 Å². The lowest BCUT2D eigenvalue weighted by atomic mass is 9.74. The third kappa shape index (κ3) is 3.12. The molecule has 1 aromatic carbocycles. The summed E-state index contributed by atoms with van der Waals surface area (Å²) in [4.78, 5) is 17.0. The van der Waals surface area contributed by atoms with Crippen LogP contribution >= 0.6 is 0 Å². The normalized spacial score (nSPS) is 18.9. The van der Waals surface area contributed by atoms with E-state index in [2.05, 4.69) is 57.5 Å². The Bertz CT molecular complexity index is 747. The first kappa shape index (κ1) is 17.2. The van der Waals surface area contributed by atoms with E-state index in [4.69, 9.17) is 0 Å². The number of para-hydroxylation sites is 1. The fraction of sp³-hybridized carbons (Fsp3) is 0.476. The van der Waals surface area contributed by atoms with E-state index in [0.717, 1.165) is 51.3 Å². The SMILES string of the molecule is CCNC(=O)N1CC2(CCN(CCn3cccc3)CC2)c2ccccc21. The van der Waals surface area contributed by atoms with Gasteiger partial charge in [0.05, 0.1) is 0 Å². The Labute approximate surface area is 155 Å². The summed E-state index contributed by atoms with van der Waals surface area (Å²) < 4.78 is 2.24. The number of nitrogens with one attached hydrogen (secondary N) is 1. The van der Waals surface area contributed by atoms with E-state index in [1.807, 2.05) is 17.9 Å². The third-order valence-corrected chi connectivity index (χ3v) is 5.95. The smallest absolute Gasteiger partial charge is 0.321 e. The van der Waals surface area contributed by atoms with Crippen LogP contribution in [0.4, 0.5) is 10.5 Å². The molecule has 1 fully saturated rings. The van der Waals surface area contributed by atoms with Crippen molar-refractivity contribution in [1.29, 1.82) is 0 Å². The minimum Gasteiger partial charge on any atom is -0.353 e. The van der Waals surface area contributed by atoms with Crippen molar-refractivity contribution in [2.24, 2.45) is 0 Å². The summed E-state index contributed by atoms with van der Waals surface area (Å²) in [5.41, 5.74) is 2.57. The molecule has 2 aliphatic heterocycles. The maximum absolute atomic E-state index is 12.5. The van der Waals surface area contributed by atoms with Gasteiger partial charge in [-0.25, -0.2) is 4.79 Å². The fourth-order valence-electron chi connectivity index (χ4n) is 4.47. The zero-order valence-corrected chi connectivity index (χ0v) is 15.5. The highest BCUT2D eigenvalue weighted by Gasteiger charge is 2.45. The highest BCUT2D eigenvalue weighted by Crippen LogP contribution is 2.46. The second-order valence-corrected chi connectivity index (χ2v) is 7.48. The average Bonchev–Trinajstić information content (AvgIpc) is 3.29. The summed E-state index contributed by atoms with van der Waals surface area (Å²) in [6.45, 7) is 7.77. The molecule has 1 saturated heterocycles. The predicted octanol–water partition coefficient (Wildman–Crippen LogP) is 3.07. The molecule has 1 spiro atoms. The average molecular weight is 352 g/mol. The second kappa shape index (κ2) is 7.16. The Hall–Kier alpha value is -2.27. The lowest BCUT2D eigenvalue weighted by molar-refractivity contribution is 0.161. The van der Waals surface area contributed by atoms with Crippen LogP contribution in [0.2, 0.25) is 0 Å². The lowest BCUT2D eigenvalue weighted by Gasteiger charge is -2.40. The summed E-state index contributed by atoms with van der Waals surface area (Å²) in [7, 11) is 0. The summed E-state index contributed by atoms with van der Waals surface area (Å²) >= 11 is 0. The fourth-order valence-corrected chi connectivity index (χ4v) is 4.47. The van der Waals surface area contributed by atoms with Gasteiger partial charge in [0.2, 0.25) is 0 Å². The van der Waals surface area contributed by atoms with Crippen LogP contribution in [0.25, 0.3) is 0 Å². The minimum atomic E-state index is 0.0341. The largest absolute Gasteiger partial charge is 0.353 e. The van der Waals surface area contributed by atoms with Crippen molar-refractivity contribution in [2.75, 3.05) is 37.6 Å². The zero-order valence-electron chi connectivity index (χ0n) is 15.5. The van der Waals surface area contributed by atoms with E-state index in [1.165, 1.54) is 5.56 Å². The highest BCUT2D eigenvalue weighted by atomic mass is 16.2. The molecule has 0 atom stereocenters. The molecule has 2 amide bonds. The zero-order chi connectivity index (χ0) is 18.0. The van der Waals surface area contributed by atoms with E-state index < -0.39 is 0 Å². The molecule has 0 aliphatic carbocycles. The first-order valence-corrected chi connectivity index (χ1v) is 9.70. The summed E-state index contributed by atoms with van der Waals surface area (Å²) in [5.74, 6) is 0. The van der Waals surface area contributed by atoms with Crippen LogP contribution in [0.15, 0.2) is 48.8 Å². The number of piperidine rings is 1. The number of aromatic nitrogens is 1. The number of carbonyl (C=O) groups excluding carboxylic acids is 1. The van der Waals surface area contributed by atoms with E-state index in [9.17, 15) is 4.79 Å². The van der Waals surface area contributed by atoms with Crippen molar-refractivity contribution >= 4 is 11.7 Å². The molecule has 138 valence electrons. The number of hydrogen-bond donors (Lipinski definition) is 1. The molecule has 0 saturated carbocycles. The van der Waals surface area contributed by atoms with Crippen molar-refractivity contribution < 1.29 is 4.79 Å². The van der Waals surface area contributed by atoms with Crippen LogP contribution in [0, 0.1) is 0 Å². The summed E-state index contributed by atoms with van der Waals surface area (Å²) in [5, 5.41) is 2.97. The monoisotopic (exact) mass is 352 g/mol. The number of amides is 2. The standard InChI is InChI=1S/C21H28N4O/c1-2-22-20(26)25-17-21(18-7-3-4-8-19(18)25)9-13-24(14-10-21)16-15-23-11-5-6-12-23/h3-8,11-12H,2,9-10,13-17H2,1H3,(H,22,26). The van der Waals surface area contributed by atoms with Gasteiger partial charge in [0.25, 0.3) is 0 Å². The molecule has 5 nitrogen and oxygen atoms in total. The Balaban J connectivity index is 1.45. The first-order valence-electron chi connectivity index (χ1n) is 9.70. The van der Waals surface area contributed by atoms with Crippen LogP contribution in [-0.4, -0.2) is 48.2 Å². The molecule has 5 heteroatoms. The first-order chi connectivity index (χ1) is 12.7. The number of fused-ring (bicyclic) bond motifs is 2. The Morgan fingerprint density at radius 3 is 2.54 bits per heavy atom. The van der Waals surface area contributed by atoms with Crippen molar-refractivity contribution in [1.82, 2.24) is 14.8 Å². The van der Waals surface area contributed by atoms with E-state index in [0.29, 0.717) is 6.54 Å². The minimum absolute atomic E-state index is 0.0341. The molecular weight excluding hydrogens is 324 g/mol. The third-order valence-electron chi connectivity index (χ3n) is 5.95. The molecule has 1 N–H and O–H groups in total.